The highest BCUT2D eigenvalue weighted by Crippen LogP contribution is 2.21. The second-order valence-corrected chi connectivity index (χ2v) is 5.81. The number of carbonyl (C=O) groups excluding carboxylic acids is 1. The third-order valence-electron chi connectivity index (χ3n) is 3.81. The lowest BCUT2D eigenvalue weighted by Crippen LogP contribution is -2.32. The summed E-state index contributed by atoms with van der Waals surface area (Å²) in [5.41, 5.74) is -0.799. The molecule has 1 amide bonds. The summed E-state index contributed by atoms with van der Waals surface area (Å²) in [4.78, 5) is 25.8. The molecule has 126 valence electrons. The van der Waals surface area contributed by atoms with Gasteiger partial charge in [0, 0.05) is 19.7 Å². The Morgan fingerprint density at radius 3 is 2.71 bits per heavy atom. The minimum Gasteiger partial charge on any atom is -0.371 e. The lowest BCUT2D eigenvalue weighted by Gasteiger charge is -2.15. The van der Waals surface area contributed by atoms with Crippen molar-refractivity contribution in [3.63, 3.8) is 0 Å². The molecule has 0 aliphatic carbocycles. The van der Waals surface area contributed by atoms with E-state index >= 15 is 0 Å². The largest absolute Gasteiger partial charge is 0.371 e. The Kier molecular flexibility index (Phi) is 4.23. The topological polar surface area (TPSA) is 67.2 Å². The first-order valence-corrected chi connectivity index (χ1v) is 7.51. The number of rotatable bonds is 3. The van der Waals surface area contributed by atoms with Gasteiger partial charge in [0.1, 0.15) is 22.6 Å². The fraction of sp³-hybridized carbons (Fsp3) is 0.267. The van der Waals surface area contributed by atoms with Gasteiger partial charge in [-0.1, -0.05) is 11.6 Å². The maximum atomic E-state index is 13.8. The standard InChI is InChI=1S/C15H13ClF2N4O2/c1-21-5-4-10(14(21)23)20-11-7-19-22(15(24)13(11)16)12-3-2-8(17)6-9(12)18/h2-3,6-7,10,20H,4-5H2,1H3. The zero-order valence-electron chi connectivity index (χ0n) is 12.6. The van der Waals surface area contributed by atoms with E-state index in [1.807, 2.05) is 0 Å². The van der Waals surface area contributed by atoms with Crippen molar-refractivity contribution in [2.45, 2.75) is 12.5 Å². The van der Waals surface area contributed by atoms with Gasteiger partial charge < -0.3 is 10.2 Å². The number of nitrogens with zero attached hydrogens (tertiary/aromatic N) is 3. The van der Waals surface area contributed by atoms with Crippen LogP contribution >= 0.6 is 11.6 Å². The van der Waals surface area contributed by atoms with Gasteiger partial charge in [-0.05, 0) is 18.6 Å². The van der Waals surface area contributed by atoms with Crippen molar-refractivity contribution in [3.8, 4) is 5.69 Å². The van der Waals surface area contributed by atoms with Crippen LogP contribution in [0.2, 0.25) is 5.02 Å². The molecule has 1 aliphatic rings. The van der Waals surface area contributed by atoms with Crippen LogP contribution in [0.4, 0.5) is 14.5 Å². The molecule has 2 aromatic rings. The summed E-state index contributed by atoms with van der Waals surface area (Å²) in [7, 11) is 1.68. The van der Waals surface area contributed by atoms with E-state index in [1.54, 1.807) is 11.9 Å². The van der Waals surface area contributed by atoms with E-state index in [1.165, 1.54) is 6.20 Å². The molecule has 0 spiro atoms. The molecule has 24 heavy (non-hydrogen) atoms. The van der Waals surface area contributed by atoms with E-state index in [9.17, 15) is 18.4 Å². The van der Waals surface area contributed by atoms with Crippen LogP contribution in [-0.2, 0) is 4.79 Å². The molecular weight excluding hydrogens is 342 g/mol. The number of amides is 1. The molecule has 1 N–H and O–H groups in total. The zero-order valence-corrected chi connectivity index (χ0v) is 13.3. The molecule has 1 unspecified atom stereocenters. The molecule has 6 nitrogen and oxygen atoms in total. The van der Waals surface area contributed by atoms with Gasteiger partial charge in [-0.3, -0.25) is 9.59 Å². The first kappa shape index (κ1) is 16.4. The molecule has 1 aromatic heterocycles. The van der Waals surface area contributed by atoms with Crippen LogP contribution in [0.15, 0.2) is 29.2 Å². The molecule has 0 bridgehead atoms. The van der Waals surface area contributed by atoms with E-state index < -0.39 is 23.2 Å². The quantitative estimate of drug-likeness (QED) is 0.913. The van der Waals surface area contributed by atoms with Crippen LogP contribution in [0.3, 0.4) is 0 Å². The Balaban J connectivity index is 1.95. The molecule has 0 saturated carbocycles. The Labute approximate surface area is 140 Å². The highest BCUT2D eigenvalue weighted by atomic mass is 35.5. The molecule has 0 radical (unpaired) electrons. The van der Waals surface area contributed by atoms with Gasteiger partial charge in [-0.15, -0.1) is 0 Å². The summed E-state index contributed by atoms with van der Waals surface area (Å²) in [6.45, 7) is 0.597. The summed E-state index contributed by atoms with van der Waals surface area (Å²) in [6, 6.07) is 2.26. The monoisotopic (exact) mass is 354 g/mol. The van der Waals surface area contributed by atoms with Gasteiger partial charge in [-0.2, -0.15) is 9.78 Å². The van der Waals surface area contributed by atoms with E-state index in [0.717, 1.165) is 16.8 Å². The molecule has 1 aromatic carbocycles. The minimum absolute atomic E-state index is 0.111. The average molecular weight is 355 g/mol. The van der Waals surface area contributed by atoms with Gasteiger partial charge >= 0.3 is 0 Å². The number of benzene rings is 1. The number of hydrogen-bond donors (Lipinski definition) is 1. The fourth-order valence-electron chi connectivity index (χ4n) is 2.50. The highest BCUT2D eigenvalue weighted by Gasteiger charge is 2.29. The smallest absolute Gasteiger partial charge is 0.292 e. The van der Waals surface area contributed by atoms with Crippen LogP contribution < -0.4 is 10.9 Å². The van der Waals surface area contributed by atoms with Crippen molar-refractivity contribution in [3.05, 3.63) is 51.4 Å². The third-order valence-corrected chi connectivity index (χ3v) is 4.18. The van der Waals surface area contributed by atoms with Gasteiger partial charge in [0.2, 0.25) is 5.91 Å². The van der Waals surface area contributed by atoms with Gasteiger partial charge in [0.25, 0.3) is 5.56 Å². The number of halogens is 3. The molecule has 9 heteroatoms. The summed E-state index contributed by atoms with van der Waals surface area (Å²) < 4.78 is 27.5. The Morgan fingerprint density at radius 2 is 2.08 bits per heavy atom. The van der Waals surface area contributed by atoms with E-state index in [2.05, 4.69) is 10.4 Å². The predicted octanol–water partition coefficient (Wildman–Crippen LogP) is 1.81. The zero-order chi connectivity index (χ0) is 17.4. The molecule has 1 fully saturated rings. The SMILES string of the molecule is CN1CCC(Nc2cnn(-c3ccc(F)cc3F)c(=O)c2Cl)C1=O. The van der Waals surface area contributed by atoms with Crippen LogP contribution in [0.5, 0.6) is 0 Å². The normalized spacial score (nSPS) is 17.4. The van der Waals surface area contributed by atoms with Crippen molar-refractivity contribution in [2.75, 3.05) is 18.9 Å². The summed E-state index contributed by atoms with van der Waals surface area (Å²) >= 11 is 6.04. The molecule has 1 aliphatic heterocycles. The van der Waals surface area contributed by atoms with E-state index in [4.69, 9.17) is 11.6 Å². The van der Waals surface area contributed by atoms with Gasteiger partial charge in [0.05, 0.1) is 11.9 Å². The maximum Gasteiger partial charge on any atom is 0.292 e. The molecule has 2 heterocycles. The summed E-state index contributed by atoms with van der Waals surface area (Å²) in [5.74, 6) is -1.81. The van der Waals surface area contributed by atoms with Crippen molar-refractivity contribution >= 4 is 23.2 Å². The molecule has 3 rings (SSSR count). The number of likely N-dealkylation sites (N-methyl/N-ethyl adjacent to an activating group) is 1. The number of anilines is 1. The molecule has 1 atom stereocenters. The number of nitrogens with one attached hydrogen (secondary N) is 1. The second-order valence-electron chi connectivity index (χ2n) is 5.43. The molecule has 1 saturated heterocycles. The number of hydrogen-bond acceptors (Lipinski definition) is 4. The average Bonchev–Trinajstić information content (AvgIpc) is 2.85. The predicted molar refractivity (Wildman–Crippen MR) is 84.4 cm³/mol. The fourth-order valence-corrected chi connectivity index (χ4v) is 2.69. The van der Waals surface area contributed by atoms with Crippen LogP contribution in [0, 0.1) is 11.6 Å². The Bertz CT molecular complexity index is 871. The number of carbonyl (C=O) groups is 1. The van der Waals surface area contributed by atoms with E-state index in [-0.39, 0.29) is 22.3 Å². The van der Waals surface area contributed by atoms with Crippen LogP contribution in [-0.4, -0.2) is 40.2 Å². The highest BCUT2D eigenvalue weighted by molar-refractivity contribution is 6.33. The summed E-state index contributed by atoms with van der Waals surface area (Å²) in [5, 5.41) is 6.51. The van der Waals surface area contributed by atoms with Crippen molar-refractivity contribution in [1.82, 2.24) is 14.7 Å². The summed E-state index contributed by atoms with van der Waals surface area (Å²) in [6.07, 6.45) is 1.81. The lowest BCUT2D eigenvalue weighted by atomic mass is 10.2. The molecular formula is C15H13ClF2N4O2. The third kappa shape index (κ3) is 2.84. The van der Waals surface area contributed by atoms with Gasteiger partial charge in [0.15, 0.2) is 5.82 Å². The Hall–Kier alpha value is -2.48. The number of aromatic nitrogens is 2. The lowest BCUT2D eigenvalue weighted by molar-refractivity contribution is -0.127. The van der Waals surface area contributed by atoms with E-state index in [0.29, 0.717) is 19.0 Å². The second kappa shape index (κ2) is 6.20. The van der Waals surface area contributed by atoms with Crippen molar-refractivity contribution in [1.29, 1.82) is 0 Å². The van der Waals surface area contributed by atoms with Gasteiger partial charge in [-0.25, -0.2) is 8.78 Å². The minimum atomic E-state index is -0.936. The van der Waals surface area contributed by atoms with Crippen LogP contribution in [0.25, 0.3) is 5.69 Å². The maximum absolute atomic E-state index is 13.8. The van der Waals surface area contributed by atoms with Crippen molar-refractivity contribution in [2.24, 2.45) is 0 Å². The van der Waals surface area contributed by atoms with Crippen LogP contribution in [0.1, 0.15) is 6.42 Å². The first-order chi connectivity index (χ1) is 11.4. The van der Waals surface area contributed by atoms with Crippen molar-refractivity contribution < 1.29 is 13.6 Å². The number of likely N-dealkylation sites (tertiary alicyclic amines) is 1. The first-order valence-electron chi connectivity index (χ1n) is 7.13. The Morgan fingerprint density at radius 1 is 1.33 bits per heavy atom.